The van der Waals surface area contributed by atoms with Crippen LogP contribution >= 0.6 is 0 Å². The zero-order valence-corrected chi connectivity index (χ0v) is 12.2. The summed E-state index contributed by atoms with van der Waals surface area (Å²) < 4.78 is 0. The first-order chi connectivity index (χ1) is 10.8. The molecule has 22 heavy (non-hydrogen) atoms. The number of para-hydroxylation sites is 1. The molecule has 3 rings (SSSR count). The van der Waals surface area contributed by atoms with E-state index < -0.39 is 0 Å². The maximum absolute atomic E-state index is 12.4. The number of aromatic nitrogens is 1. The number of anilines is 1. The third-order valence-electron chi connectivity index (χ3n) is 3.74. The van der Waals surface area contributed by atoms with Crippen molar-refractivity contribution < 1.29 is 9.59 Å². The highest BCUT2D eigenvalue weighted by Gasteiger charge is 2.22. The molecular weight excluding hydrogens is 278 g/mol. The van der Waals surface area contributed by atoms with Gasteiger partial charge >= 0.3 is 0 Å². The maximum atomic E-state index is 12.4. The predicted octanol–water partition coefficient (Wildman–Crippen LogP) is 1.79. The van der Waals surface area contributed by atoms with Crippen LogP contribution in [0.2, 0.25) is 0 Å². The molecule has 1 N–H and O–H groups in total. The minimum Gasteiger partial charge on any atom is -0.343 e. The highest BCUT2D eigenvalue weighted by Crippen LogP contribution is 2.26. The molecule has 5 heteroatoms. The Labute approximate surface area is 129 Å². The molecular formula is C17H17N3O2. The third-order valence-corrected chi connectivity index (χ3v) is 3.74. The molecule has 2 aromatic rings. The van der Waals surface area contributed by atoms with Crippen molar-refractivity contribution in [3.8, 4) is 0 Å². The first-order valence-corrected chi connectivity index (χ1v) is 7.32. The van der Waals surface area contributed by atoms with Crippen molar-refractivity contribution in [2.45, 2.75) is 12.8 Å². The van der Waals surface area contributed by atoms with E-state index in [0.29, 0.717) is 12.1 Å². The van der Waals surface area contributed by atoms with Gasteiger partial charge in [-0.05, 0) is 36.6 Å². The molecule has 0 radical (unpaired) electrons. The standard InChI is InChI=1S/C17H17N3O2/c21-16(12-19-17(22)14-6-3-9-18-11-14)20-10-4-7-13-5-1-2-8-15(13)20/h1-3,5-6,8-9,11H,4,7,10,12H2,(H,19,22). The Balaban J connectivity index is 1.65. The Kier molecular flexibility index (Phi) is 4.14. The summed E-state index contributed by atoms with van der Waals surface area (Å²) in [5.74, 6) is -0.379. The van der Waals surface area contributed by atoms with E-state index in [9.17, 15) is 9.59 Å². The van der Waals surface area contributed by atoms with E-state index in [-0.39, 0.29) is 18.4 Å². The molecule has 1 aromatic carbocycles. The predicted molar refractivity (Wildman–Crippen MR) is 83.7 cm³/mol. The normalized spacial score (nSPS) is 13.4. The largest absolute Gasteiger partial charge is 0.343 e. The fraction of sp³-hybridized carbons (Fsp3) is 0.235. The average Bonchev–Trinajstić information content (AvgIpc) is 2.59. The Hall–Kier alpha value is -2.69. The molecule has 0 spiro atoms. The number of nitrogens with one attached hydrogen (secondary N) is 1. The lowest BCUT2D eigenvalue weighted by Gasteiger charge is -2.29. The second kappa shape index (κ2) is 6.39. The van der Waals surface area contributed by atoms with E-state index >= 15 is 0 Å². The van der Waals surface area contributed by atoms with Crippen molar-refractivity contribution in [3.05, 3.63) is 59.9 Å². The monoisotopic (exact) mass is 295 g/mol. The summed E-state index contributed by atoms with van der Waals surface area (Å²) in [6, 6.07) is 11.3. The van der Waals surface area contributed by atoms with Crippen molar-refractivity contribution in [2.75, 3.05) is 18.0 Å². The van der Waals surface area contributed by atoms with Gasteiger partial charge in [-0.3, -0.25) is 14.6 Å². The number of amides is 2. The topological polar surface area (TPSA) is 62.3 Å². The average molecular weight is 295 g/mol. The molecule has 112 valence electrons. The van der Waals surface area contributed by atoms with Crippen LogP contribution in [0.15, 0.2) is 48.8 Å². The van der Waals surface area contributed by atoms with E-state index in [0.717, 1.165) is 18.5 Å². The van der Waals surface area contributed by atoms with E-state index in [1.165, 1.54) is 11.8 Å². The van der Waals surface area contributed by atoms with Crippen molar-refractivity contribution in [2.24, 2.45) is 0 Å². The SMILES string of the molecule is O=C(NCC(=O)N1CCCc2ccccc21)c1cccnc1. The number of rotatable bonds is 3. The van der Waals surface area contributed by atoms with Crippen LogP contribution in [0.25, 0.3) is 0 Å². The molecule has 0 atom stereocenters. The van der Waals surface area contributed by atoms with Gasteiger partial charge in [-0.25, -0.2) is 0 Å². The number of hydrogen-bond acceptors (Lipinski definition) is 3. The molecule has 0 aliphatic carbocycles. The number of carbonyl (C=O) groups excluding carboxylic acids is 2. The molecule has 0 unspecified atom stereocenters. The van der Waals surface area contributed by atoms with E-state index in [1.54, 1.807) is 23.2 Å². The third kappa shape index (κ3) is 2.98. The highest BCUT2D eigenvalue weighted by atomic mass is 16.2. The fourth-order valence-electron chi connectivity index (χ4n) is 2.64. The van der Waals surface area contributed by atoms with Gasteiger partial charge in [-0.15, -0.1) is 0 Å². The second-order valence-corrected chi connectivity index (χ2v) is 5.20. The van der Waals surface area contributed by atoms with Crippen molar-refractivity contribution in [1.82, 2.24) is 10.3 Å². The summed E-state index contributed by atoms with van der Waals surface area (Å²) in [6.07, 6.45) is 5.02. The number of fused-ring (bicyclic) bond motifs is 1. The number of hydrogen-bond donors (Lipinski definition) is 1. The summed E-state index contributed by atoms with van der Waals surface area (Å²) in [7, 11) is 0. The number of carbonyl (C=O) groups is 2. The summed E-state index contributed by atoms with van der Waals surface area (Å²) in [4.78, 5) is 30.0. The van der Waals surface area contributed by atoms with Gasteiger partial charge in [0.2, 0.25) is 5.91 Å². The number of benzene rings is 1. The Bertz CT molecular complexity index is 685. The molecule has 0 saturated heterocycles. The molecule has 2 amide bonds. The van der Waals surface area contributed by atoms with Crippen LogP contribution < -0.4 is 10.2 Å². The van der Waals surface area contributed by atoms with E-state index in [1.807, 2.05) is 24.3 Å². The molecule has 1 aliphatic heterocycles. The summed E-state index contributed by atoms with van der Waals surface area (Å²) in [5, 5.41) is 2.66. The van der Waals surface area contributed by atoms with Crippen molar-refractivity contribution in [1.29, 1.82) is 0 Å². The Morgan fingerprint density at radius 1 is 1.18 bits per heavy atom. The molecule has 0 fully saturated rings. The molecule has 5 nitrogen and oxygen atoms in total. The van der Waals surface area contributed by atoms with E-state index in [2.05, 4.69) is 10.3 Å². The number of nitrogens with zero attached hydrogens (tertiary/aromatic N) is 2. The van der Waals surface area contributed by atoms with Crippen LogP contribution in [-0.4, -0.2) is 29.9 Å². The van der Waals surface area contributed by atoms with Gasteiger partial charge in [0.15, 0.2) is 0 Å². The molecule has 0 bridgehead atoms. The first kappa shape index (κ1) is 14.3. The van der Waals surface area contributed by atoms with Crippen molar-refractivity contribution >= 4 is 17.5 Å². The van der Waals surface area contributed by atoms with Gasteiger partial charge in [0.05, 0.1) is 12.1 Å². The zero-order valence-electron chi connectivity index (χ0n) is 12.2. The smallest absolute Gasteiger partial charge is 0.253 e. The Morgan fingerprint density at radius 2 is 2.05 bits per heavy atom. The lowest BCUT2D eigenvalue weighted by Crippen LogP contribution is -2.42. The van der Waals surface area contributed by atoms with Crippen LogP contribution in [-0.2, 0) is 11.2 Å². The van der Waals surface area contributed by atoms with Crippen LogP contribution in [0.3, 0.4) is 0 Å². The number of pyridine rings is 1. The fourth-order valence-corrected chi connectivity index (χ4v) is 2.64. The zero-order chi connectivity index (χ0) is 15.4. The maximum Gasteiger partial charge on any atom is 0.253 e. The molecule has 2 heterocycles. The minimum atomic E-state index is -0.285. The lowest BCUT2D eigenvalue weighted by molar-refractivity contribution is -0.117. The second-order valence-electron chi connectivity index (χ2n) is 5.20. The minimum absolute atomic E-state index is 0.0118. The summed E-state index contributed by atoms with van der Waals surface area (Å²) in [6.45, 7) is 0.681. The Morgan fingerprint density at radius 3 is 2.86 bits per heavy atom. The van der Waals surface area contributed by atoms with Gasteiger partial charge in [0.1, 0.15) is 0 Å². The van der Waals surface area contributed by atoms with Crippen LogP contribution in [0.1, 0.15) is 22.3 Å². The first-order valence-electron chi connectivity index (χ1n) is 7.32. The van der Waals surface area contributed by atoms with Gasteiger partial charge in [-0.2, -0.15) is 0 Å². The van der Waals surface area contributed by atoms with Crippen molar-refractivity contribution in [3.63, 3.8) is 0 Å². The van der Waals surface area contributed by atoms with E-state index in [4.69, 9.17) is 0 Å². The molecule has 1 aromatic heterocycles. The number of aryl methyl sites for hydroxylation is 1. The quantitative estimate of drug-likeness (QED) is 0.939. The van der Waals surface area contributed by atoms with Crippen LogP contribution in [0.5, 0.6) is 0 Å². The summed E-state index contributed by atoms with van der Waals surface area (Å²) in [5.41, 5.74) is 2.59. The molecule has 1 aliphatic rings. The van der Waals surface area contributed by atoms with Crippen LogP contribution in [0.4, 0.5) is 5.69 Å². The lowest BCUT2D eigenvalue weighted by atomic mass is 10.0. The molecule has 0 saturated carbocycles. The van der Waals surface area contributed by atoms with Crippen LogP contribution in [0, 0.1) is 0 Å². The highest BCUT2D eigenvalue weighted by molar-refractivity contribution is 6.00. The van der Waals surface area contributed by atoms with Gasteiger partial charge in [0, 0.05) is 24.6 Å². The van der Waals surface area contributed by atoms with Gasteiger partial charge in [-0.1, -0.05) is 18.2 Å². The van der Waals surface area contributed by atoms with Gasteiger partial charge < -0.3 is 10.2 Å². The summed E-state index contributed by atoms with van der Waals surface area (Å²) >= 11 is 0. The van der Waals surface area contributed by atoms with Gasteiger partial charge in [0.25, 0.3) is 5.91 Å².